The van der Waals surface area contributed by atoms with Crippen molar-refractivity contribution in [2.75, 3.05) is 10.2 Å². The van der Waals surface area contributed by atoms with Crippen molar-refractivity contribution in [2.45, 2.75) is 26.2 Å². The highest BCUT2D eigenvalue weighted by Gasteiger charge is 2.61. The molecule has 4 atom stereocenters. The molecule has 2 bridgehead atoms. The molecule has 3 fully saturated rings. The number of rotatable bonds is 3. The van der Waals surface area contributed by atoms with E-state index in [-0.39, 0.29) is 29.6 Å². The molecule has 2 aromatic carbocycles. The molecule has 29 heavy (non-hydrogen) atoms. The van der Waals surface area contributed by atoms with Crippen LogP contribution in [0.25, 0.3) is 0 Å². The van der Waals surface area contributed by atoms with Gasteiger partial charge in [-0.15, -0.1) is 0 Å². The molecule has 0 spiro atoms. The third kappa shape index (κ3) is 2.87. The highest BCUT2D eigenvalue weighted by Crippen LogP contribution is 2.56. The maximum Gasteiger partial charge on any atom is 0.255 e. The zero-order valence-corrected chi connectivity index (χ0v) is 16.8. The fraction of sp³-hybridized carbons (Fsp3) is 0.348. The maximum absolute atomic E-state index is 13.0. The second-order valence-corrected chi connectivity index (χ2v) is 8.80. The van der Waals surface area contributed by atoms with E-state index in [2.05, 4.69) is 5.32 Å². The number of nitrogens with one attached hydrogen (secondary N) is 1. The van der Waals surface area contributed by atoms with Crippen LogP contribution in [0, 0.1) is 30.6 Å². The third-order valence-electron chi connectivity index (χ3n) is 6.74. The molecule has 5 rings (SSSR count). The minimum Gasteiger partial charge on any atom is -0.322 e. The number of hydrogen-bond acceptors (Lipinski definition) is 3. The summed E-state index contributed by atoms with van der Waals surface area (Å²) in [4.78, 5) is 40.1. The highest BCUT2D eigenvalue weighted by molar-refractivity contribution is 6.31. The number of amides is 3. The minimum absolute atomic E-state index is 0.101. The number of benzene rings is 2. The maximum atomic E-state index is 13.0. The normalized spacial score (nSPS) is 27.4. The van der Waals surface area contributed by atoms with Crippen LogP contribution >= 0.6 is 11.6 Å². The van der Waals surface area contributed by atoms with Crippen LogP contribution in [-0.2, 0) is 9.59 Å². The summed E-state index contributed by atoms with van der Waals surface area (Å²) < 4.78 is 0. The minimum atomic E-state index is -0.309. The van der Waals surface area contributed by atoms with E-state index in [4.69, 9.17) is 11.6 Å². The SMILES string of the molecule is Cc1ccc(Cl)cc1NC(=O)c1cccc(N2C(=O)[C@H]3[C@@H]4CC[C@H](C4)[C@@H]3C2=O)c1. The van der Waals surface area contributed by atoms with Crippen LogP contribution in [0.5, 0.6) is 0 Å². The summed E-state index contributed by atoms with van der Waals surface area (Å²) in [6.45, 7) is 1.89. The van der Waals surface area contributed by atoms with Gasteiger partial charge < -0.3 is 5.32 Å². The Kier molecular flexibility index (Phi) is 4.24. The van der Waals surface area contributed by atoms with Crippen molar-refractivity contribution in [1.29, 1.82) is 0 Å². The van der Waals surface area contributed by atoms with Gasteiger partial charge in [0.15, 0.2) is 0 Å². The molecule has 1 aliphatic heterocycles. The molecule has 2 aromatic rings. The number of nitrogens with zero attached hydrogens (tertiary/aromatic N) is 1. The molecule has 1 heterocycles. The van der Waals surface area contributed by atoms with Crippen LogP contribution < -0.4 is 10.2 Å². The summed E-state index contributed by atoms with van der Waals surface area (Å²) in [7, 11) is 0. The molecule has 3 aliphatic rings. The van der Waals surface area contributed by atoms with Crippen LogP contribution in [-0.4, -0.2) is 17.7 Å². The van der Waals surface area contributed by atoms with E-state index in [1.165, 1.54) is 4.90 Å². The van der Waals surface area contributed by atoms with Gasteiger partial charge in [0, 0.05) is 16.3 Å². The Morgan fingerprint density at radius 3 is 2.41 bits per heavy atom. The van der Waals surface area contributed by atoms with Gasteiger partial charge in [0.2, 0.25) is 11.8 Å². The number of hydrogen-bond donors (Lipinski definition) is 1. The Labute approximate surface area is 174 Å². The van der Waals surface area contributed by atoms with Crippen LogP contribution in [0.4, 0.5) is 11.4 Å². The predicted octanol–water partition coefficient (Wildman–Crippen LogP) is 4.44. The van der Waals surface area contributed by atoms with Gasteiger partial charge in [-0.05, 0) is 73.9 Å². The Bertz CT molecular complexity index is 1020. The molecular formula is C23H21ClN2O3. The topological polar surface area (TPSA) is 66.5 Å². The van der Waals surface area contributed by atoms with E-state index in [1.54, 1.807) is 36.4 Å². The van der Waals surface area contributed by atoms with Crippen molar-refractivity contribution >= 4 is 40.7 Å². The second-order valence-electron chi connectivity index (χ2n) is 8.36. The van der Waals surface area contributed by atoms with Gasteiger partial charge in [-0.2, -0.15) is 0 Å². The molecule has 0 unspecified atom stereocenters. The molecule has 0 aromatic heterocycles. The molecule has 1 N–H and O–H groups in total. The Morgan fingerprint density at radius 2 is 1.72 bits per heavy atom. The van der Waals surface area contributed by atoms with Crippen LogP contribution in [0.15, 0.2) is 42.5 Å². The lowest BCUT2D eigenvalue weighted by molar-refractivity contribution is -0.123. The fourth-order valence-electron chi connectivity index (χ4n) is 5.37. The van der Waals surface area contributed by atoms with Crippen molar-refractivity contribution in [2.24, 2.45) is 23.7 Å². The van der Waals surface area contributed by atoms with Crippen molar-refractivity contribution in [3.63, 3.8) is 0 Å². The molecule has 3 amide bonds. The Hall–Kier alpha value is -2.66. The van der Waals surface area contributed by atoms with Crippen molar-refractivity contribution < 1.29 is 14.4 Å². The van der Waals surface area contributed by atoms with Gasteiger partial charge >= 0.3 is 0 Å². The number of carbonyl (C=O) groups excluding carboxylic acids is 3. The number of carbonyl (C=O) groups is 3. The molecule has 1 saturated heterocycles. The predicted molar refractivity (Wildman–Crippen MR) is 111 cm³/mol. The monoisotopic (exact) mass is 408 g/mol. The first kappa shape index (κ1) is 18.4. The smallest absolute Gasteiger partial charge is 0.255 e. The van der Waals surface area contributed by atoms with Gasteiger partial charge in [-0.25, -0.2) is 0 Å². The number of fused-ring (bicyclic) bond motifs is 5. The largest absolute Gasteiger partial charge is 0.322 e. The van der Waals surface area contributed by atoms with Gasteiger partial charge in [-0.3, -0.25) is 19.3 Å². The molecule has 2 saturated carbocycles. The van der Waals surface area contributed by atoms with Crippen LogP contribution in [0.3, 0.4) is 0 Å². The van der Waals surface area contributed by atoms with Gasteiger partial charge in [0.05, 0.1) is 17.5 Å². The van der Waals surface area contributed by atoms with E-state index in [0.29, 0.717) is 33.8 Å². The van der Waals surface area contributed by atoms with E-state index in [0.717, 1.165) is 24.8 Å². The lowest BCUT2D eigenvalue weighted by Gasteiger charge is -2.19. The number of halogens is 1. The zero-order chi connectivity index (χ0) is 20.3. The number of anilines is 2. The molecule has 0 radical (unpaired) electrons. The van der Waals surface area contributed by atoms with Gasteiger partial charge in [0.1, 0.15) is 0 Å². The average molecular weight is 409 g/mol. The standard InChI is InChI=1S/C23H21ClN2O3/c1-12-5-8-16(24)11-18(12)25-21(27)15-3-2-4-17(10-15)26-22(28)19-13-6-7-14(9-13)20(19)23(26)29/h2-5,8,10-11,13-14,19-20H,6-7,9H2,1H3,(H,25,27)/t13-,14-,19+,20+/m1/s1. The number of aryl methyl sites for hydroxylation is 1. The summed E-state index contributed by atoms with van der Waals surface area (Å²) in [6.07, 6.45) is 3.09. The lowest BCUT2D eigenvalue weighted by Crippen LogP contribution is -2.33. The summed E-state index contributed by atoms with van der Waals surface area (Å²) >= 11 is 6.03. The van der Waals surface area contributed by atoms with Gasteiger partial charge in [0.25, 0.3) is 5.91 Å². The second kappa shape index (κ2) is 6.70. The molecular weight excluding hydrogens is 388 g/mol. The summed E-state index contributed by atoms with van der Waals surface area (Å²) in [5.74, 6) is -0.185. The quantitative estimate of drug-likeness (QED) is 0.763. The molecule has 6 heteroatoms. The van der Waals surface area contributed by atoms with Crippen molar-refractivity contribution in [3.05, 3.63) is 58.6 Å². The van der Waals surface area contributed by atoms with E-state index in [1.807, 2.05) is 13.0 Å². The summed E-state index contributed by atoms with van der Waals surface area (Å²) in [6, 6.07) is 12.0. The van der Waals surface area contributed by atoms with Gasteiger partial charge in [-0.1, -0.05) is 23.7 Å². The first-order valence-corrected chi connectivity index (χ1v) is 10.4. The zero-order valence-electron chi connectivity index (χ0n) is 16.0. The van der Waals surface area contributed by atoms with Crippen LogP contribution in [0.1, 0.15) is 35.2 Å². The van der Waals surface area contributed by atoms with Crippen molar-refractivity contribution in [1.82, 2.24) is 0 Å². The van der Waals surface area contributed by atoms with E-state index >= 15 is 0 Å². The van der Waals surface area contributed by atoms with E-state index < -0.39 is 0 Å². The Morgan fingerprint density at radius 1 is 1.03 bits per heavy atom. The third-order valence-corrected chi connectivity index (χ3v) is 6.98. The van der Waals surface area contributed by atoms with Crippen LogP contribution in [0.2, 0.25) is 5.02 Å². The fourth-order valence-corrected chi connectivity index (χ4v) is 5.54. The summed E-state index contributed by atoms with van der Waals surface area (Å²) in [5, 5.41) is 3.40. The van der Waals surface area contributed by atoms with E-state index in [9.17, 15) is 14.4 Å². The molecule has 2 aliphatic carbocycles. The first-order chi connectivity index (χ1) is 13.9. The average Bonchev–Trinajstić information content (AvgIpc) is 3.38. The molecule has 5 nitrogen and oxygen atoms in total. The molecule has 148 valence electrons. The highest BCUT2D eigenvalue weighted by atomic mass is 35.5. The first-order valence-electron chi connectivity index (χ1n) is 9.99. The Balaban J connectivity index is 1.42. The van der Waals surface area contributed by atoms with Crippen molar-refractivity contribution in [3.8, 4) is 0 Å². The number of imide groups is 1. The summed E-state index contributed by atoms with van der Waals surface area (Å²) in [5.41, 5.74) is 2.39. The lowest BCUT2D eigenvalue weighted by atomic mass is 9.81.